The van der Waals surface area contributed by atoms with Crippen molar-refractivity contribution in [3.05, 3.63) is 94.0 Å². The van der Waals surface area contributed by atoms with Crippen LogP contribution in [0.4, 0.5) is 0 Å². The van der Waals surface area contributed by atoms with Crippen molar-refractivity contribution < 1.29 is 19.4 Å². The van der Waals surface area contributed by atoms with Crippen LogP contribution < -0.4 is 5.32 Å². The first-order valence-electron chi connectivity index (χ1n) is 14.9. The number of hydrogen-bond donors (Lipinski definition) is 2. The van der Waals surface area contributed by atoms with Crippen LogP contribution in [0.1, 0.15) is 84.5 Å². The molecular formula is C35H43ClLiNO4S. The topological polar surface area (TPSA) is 75.6 Å². The number of aryl methyl sites for hydroxylation is 1. The van der Waals surface area contributed by atoms with Gasteiger partial charge in [0.1, 0.15) is 6.04 Å². The fourth-order valence-corrected chi connectivity index (χ4v) is 6.49. The van der Waals surface area contributed by atoms with Crippen molar-refractivity contribution in [1.82, 2.24) is 5.32 Å². The molecule has 2 atom stereocenters. The summed E-state index contributed by atoms with van der Waals surface area (Å²) in [5.74, 6) is -0.0223. The molecule has 1 fully saturated rings. The van der Waals surface area contributed by atoms with E-state index >= 15 is 0 Å². The number of thioether (sulfide) groups is 1. The summed E-state index contributed by atoms with van der Waals surface area (Å²) in [7, 11) is 0. The van der Waals surface area contributed by atoms with Gasteiger partial charge in [-0.2, -0.15) is 11.8 Å². The molecule has 0 radical (unpaired) electrons. The summed E-state index contributed by atoms with van der Waals surface area (Å²) in [6.45, 7) is 2.40. The average molecular weight is 616 g/mol. The van der Waals surface area contributed by atoms with Crippen LogP contribution in [0.25, 0.3) is 11.1 Å². The van der Waals surface area contributed by atoms with E-state index in [1.54, 1.807) is 17.8 Å². The SMILES string of the molecule is CSCC[C@H](NC(=O)c1ccc(COC(CCC2CCCCC2)c2cccc(Cl)c2)cc1-c1ccccc1C)C(=O)O.[LiH]. The Kier molecular flexibility index (Phi) is 14.7. The molecule has 8 heteroatoms. The second kappa shape index (κ2) is 17.9. The molecule has 5 nitrogen and oxygen atoms in total. The Morgan fingerprint density at radius 3 is 2.47 bits per heavy atom. The van der Waals surface area contributed by atoms with Crippen LogP contribution in [-0.2, 0) is 16.1 Å². The summed E-state index contributed by atoms with van der Waals surface area (Å²) in [6.07, 6.45) is 10.8. The third-order valence-corrected chi connectivity index (χ3v) is 9.09. The zero-order valence-electron chi connectivity index (χ0n) is 24.6. The van der Waals surface area contributed by atoms with Gasteiger partial charge in [0.15, 0.2) is 0 Å². The van der Waals surface area contributed by atoms with Crippen LogP contribution in [0.3, 0.4) is 0 Å². The molecule has 4 rings (SSSR count). The zero-order valence-corrected chi connectivity index (χ0v) is 26.2. The quantitative estimate of drug-likeness (QED) is 0.179. The summed E-state index contributed by atoms with van der Waals surface area (Å²) < 4.78 is 6.58. The van der Waals surface area contributed by atoms with Gasteiger partial charge in [-0.1, -0.05) is 86.2 Å². The van der Waals surface area contributed by atoms with E-state index in [1.807, 2.05) is 67.8 Å². The van der Waals surface area contributed by atoms with Gasteiger partial charge in [-0.3, -0.25) is 4.79 Å². The van der Waals surface area contributed by atoms with Crippen molar-refractivity contribution in [3.8, 4) is 11.1 Å². The van der Waals surface area contributed by atoms with Crippen LogP contribution in [0.2, 0.25) is 5.02 Å². The Hall–Kier alpha value is -2.20. The predicted octanol–water partition coefficient (Wildman–Crippen LogP) is 8.22. The van der Waals surface area contributed by atoms with Crippen LogP contribution in [0, 0.1) is 12.8 Å². The molecule has 2 N–H and O–H groups in total. The van der Waals surface area contributed by atoms with Gasteiger partial charge in [-0.15, -0.1) is 0 Å². The van der Waals surface area contributed by atoms with E-state index in [4.69, 9.17) is 16.3 Å². The second-order valence-corrected chi connectivity index (χ2v) is 12.7. The fourth-order valence-electron chi connectivity index (χ4n) is 5.82. The standard InChI is InChI=1S/C35H42ClNO4S.Li.H/c1-24-9-6-7-14-29(24)31-21-26(15-17-30(31)34(38)37-32(35(39)40)19-20-42-2)23-41-33(27-12-8-13-28(36)22-27)18-16-25-10-4-3-5-11-25;;/h6-9,12-15,17,21-22,25,32-33H,3-5,10-11,16,18-20,23H2,1-2H3,(H,37,38)(H,39,40);;/t32-,33?;;/m0../s1. The number of aliphatic carboxylic acids is 1. The van der Waals surface area contributed by atoms with Crippen molar-refractivity contribution in [2.24, 2.45) is 5.92 Å². The predicted molar refractivity (Wildman–Crippen MR) is 180 cm³/mol. The Labute approximate surface area is 277 Å². The molecular weight excluding hydrogens is 573 g/mol. The van der Waals surface area contributed by atoms with Gasteiger partial charge >= 0.3 is 24.8 Å². The first kappa shape index (κ1) is 35.3. The van der Waals surface area contributed by atoms with E-state index in [2.05, 4.69) is 11.4 Å². The van der Waals surface area contributed by atoms with Crippen molar-refractivity contribution in [3.63, 3.8) is 0 Å². The second-order valence-electron chi connectivity index (χ2n) is 11.3. The molecule has 1 unspecified atom stereocenters. The molecule has 43 heavy (non-hydrogen) atoms. The van der Waals surface area contributed by atoms with Gasteiger partial charge in [-0.25, -0.2) is 4.79 Å². The van der Waals surface area contributed by atoms with Crippen LogP contribution in [-0.4, -0.2) is 53.9 Å². The number of halogens is 1. The van der Waals surface area contributed by atoms with Gasteiger partial charge in [0, 0.05) is 10.6 Å². The fraction of sp³-hybridized carbons (Fsp3) is 0.429. The number of carbonyl (C=O) groups excluding carboxylic acids is 1. The van der Waals surface area contributed by atoms with Gasteiger partial charge in [-0.05, 0) is 96.2 Å². The maximum atomic E-state index is 13.4. The number of nitrogens with one attached hydrogen (secondary N) is 1. The molecule has 1 aliphatic rings. The molecule has 1 aliphatic carbocycles. The molecule has 1 amide bonds. The van der Waals surface area contributed by atoms with E-state index in [0.717, 1.165) is 46.6 Å². The summed E-state index contributed by atoms with van der Waals surface area (Å²) in [4.78, 5) is 25.3. The van der Waals surface area contributed by atoms with Gasteiger partial charge in [0.2, 0.25) is 0 Å². The number of carboxylic acids is 1. The number of ether oxygens (including phenoxy) is 1. The number of hydrogen-bond acceptors (Lipinski definition) is 4. The third kappa shape index (κ3) is 10.4. The Morgan fingerprint density at radius 2 is 1.77 bits per heavy atom. The minimum atomic E-state index is -1.03. The molecule has 0 heterocycles. The molecule has 0 bridgehead atoms. The summed E-state index contributed by atoms with van der Waals surface area (Å²) in [5, 5.41) is 13.1. The van der Waals surface area contributed by atoms with E-state index in [9.17, 15) is 14.7 Å². The summed E-state index contributed by atoms with van der Waals surface area (Å²) in [5.41, 5.74) is 5.22. The Bertz CT molecular complexity index is 1350. The number of carbonyl (C=O) groups is 2. The third-order valence-electron chi connectivity index (χ3n) is 8.21. The van der Waals surface area contributed by atoms with Gasteiger partial charge in [0.25, 0.3) is 5.91 Å². The van der Waals surface area contributed by atoms with Gasteiger partial charge < -0.3 is 15.2 Å². The van der Waals surface area contributed by atoms with Crippen LogP contribution in [0.5, 0.6) is 0 Å². The van der Waals surface area contributed by atoms with Crippen LogP contribution in [0.15, 0.2) is 66.7 Å². The van der Waals surface area contributed by atoms with Crippen molar-refractivity contribution >= 4 is 54.1 Å². The Morgan fingerprint density at radius 1 is 1.00 bits per heavy atom. The maximum absolute atomic E-state index is 13.4. The molecule has 1 saturated carbocycles. The van der Waals surface area contributed by atoms with E-state index < -0.39 is 17.9 Å². The summed E-state index contributed by atoms with van der Waals surface area (Å²) >= 11 is 7.91. The van der Waals surface area contributed by atoms with Crippen LogP contribution >= 0.6 is 23.4 Å². The first-order chi connectivity index (χ1) is 20.4. The number of rotatable bonds is 14. The molecule has 3 aromatic rings. The molecule has 0 saturated heterocycles. The Balaban J connectivity index is 0.00000506. The minimum absolute atomic E-state index is 0. The molecule has 226 valence electrons. The first-order valence-corrected chi connectivity index (χ1v) is 16.7. The molecule has 0 aromatic heterocycles. The molecule has 0 spiro atoms. The van der Waals surface area contributed by atoms with Gasteiger partial charge in [0.05, 0.1) is 12.7 Å². The average Bonchev–Trinajstić information content (AvgIpc) is 2.99. The van der Waals surface area contributed by atoms with Crippen molar-refractivity contribution in [2.45, 2.75) is 77.0 Å². The monoisotopic (exact) mass is 615 g/mol. The number of benzene rings is 3. The number of amides is 1. The summed E-state index contributed by atoms with van der Waals surface area (Å²) in [6, 6.07) is 20.6. The van der Waals surface area contributed by atoms with Crippen molar-refractivity contribution in [1.29, 1.82) is 0 Å². The van der Waals surface area contributed by atoms with Crippen molar-refractivity contribution in [2.75, 3.05) is 12.0 Å². The molecule has 3 aromatic carbocycles. The van der Waals surface area contributed by atoms with E-state index in [-0.39, 0.29) is 25.0 Å². The number of carboxylic acid groups (broad SMARTS) is 1. The van der Waals surface area contributed by atoms with E-state index in [0.29, 0.717) is 29.4 Å². The molecule has 0 aliphatic heterocycles. The normalized spacial score (nSPS) is 14.9. The zero-order chi connectivity index (χ0) is 29.9. The van der Waals surface area contributed by atoms with E-state index in [1.165, 1.54) is 32.1 Å².